The standard InChI is InChI=1S/C15H20N2O7/c1-8-6-17(15(22)16-14(8)21)12-5-10(19)11(24-12)7-23-13(20)4-3-9(2)18/h6,10-12,19H,3-5,7H2,1-2H3,(H,16,21,22)/t10-,11+,12+/m1/s1. The number of H-pyrrole nitrogens is 1. The van der Waals surface area contributed by atoms with E-state index in [2.05, 4.69) is 4.98 Å². The van der Waals surface area contributed by atoms with Crippen molar-refractivity contribution in [2.24, 2.45) is 0 Å². The molecule has 1 saturated heterocycles. The maximum Gasteiger partial charge on any atom is 0.330 e. The van der Waals surface area contributed by atoms with E-state index in [-0.39, 0.29) is 31.7 Å². The van der Waals surface area contributed by atoms with Crippen molar-refractivity contribution in [3.8, 4) is 0 Å². The minimum atomic E-state index is -0.922. The Balaban J connectivity index is 1.96. The van der Waals surface area contributed by atoms with Crippen molar-refractivity contribution < 1.29 is 24.2 Å². The number of carbonyl (C=O) groups is 2. The summed E-state index contributed by atoms with van der Waals surface area (Å²) in [6.45, 7) is 2.76. The number of aromatic amines is 1. The fourth-order valence-corrected chi connectivity index (χ4v) is 2.36. The van der Waals surface area contributed by atoms with Crippen LogP contribution in [0.25, 0.3) is 0 Å². The molecule has 0 radical (unpaired) electrons. The zero-order valence-electron chi connectivity index (χ0n) is 13.5. The number of rotatable bonds is 6. The van der Waals surface area contributed by atoms with Crippen molar-refractivity contribution >= 4 is 11.8 Å². The third-order valence-electron chi connectivity index (χ3n) is 3.75. The minimum Gasteiger partial charge on any atom is -0.463 e. The summed E-state index contributed by atoms with van der Waals surface area (Å²) in [4.78, 5) is 47.7. The van der Waals surface area contributed by atoms with Gasteiger partial charge in [-0.25, -0.2) is 4.79 Å². The predicted octanol–water partition coefficient (Wildman–Crippen LogP) is -0.594. The van der Waals surface area contributed by atoms with E-state index in [4.69, 9.17) is 9.47 Å². The molecule has 1 fully saturated rings. The summed E-state index contributed by atoms with van der Waals surface area (Å²) in [7, 11) is 0. The minimum absolute atomic E-state index is 0.0276. The van der Waals surface area contributed by atoms with E-state index < -0.39 is 35.7 Å². The van der Waals surface area contributed by atoms with E-state index in [0.717, 1.165) is 0 Å². The number of aliphatic hydroxyl groups excluding tert-OH is 1. The number of esters is 1. The van der Waals surface area contributed by atoms with Crippen LogP contribution in [0.4, 0.5) is 0 Å². The van der Waals surface area contributed by atoms with Crippen molar-refractivity contribution in [2.75, 3.05) is 6.61 Å². The number of carbonyl (C=O) groups excluding carboxylic acids is 2. The first-order valence-electron chi connectivity index (χ1n) is 7.58. The van der Waals surface area contributed by atoms with Gasteiger partial charge in [0, 0.05) is 24.6 Å². The van der Waals surface area contributed by atoms with E-state index in [1.54, 1.807) is 6.92 Å². The van der Waals surface area contributed by atoms with Crippen LogP contribution in [0.1, 0.15) is 38.0 Å². The summed E-state index contributed by atoms with van der Waals surface area (Å²) in [6.07, 6.45) is -0.906. The molecule has 0 bridgehead atoms. The number of aliphatic hydroxyl groups is 1. The molecule has 0 unspecified atom stereocenters. The molecule has 0 spiro atoms. The molecule has 3 atom stereocenters. The second-order valence-corrected chi connectivity index (χ2v) is 5.80. The fraction of sp³-hybridized carbons (Fsp3) is 0.600. The molecule has 24 heavy (non-hydrogen) atoms. The van der Waals surface area contributed by atoms with Crippen LogP contribution in [0.5, 0.6) is 0 Å². The number of hydrogen-bond acceptors (Lipinski definition) is 7. The largest absolute Gasteiger partial charge is 0.463 e. The number of nitrogens with zero attached hydrogens (tertiary/aromatic N) is 1. The Morgan fingerprint density at radius 2 is 2.12 bits per heavy atom. The predicted molar refractivity (Wildman–Crippen MR) is 81.5 cm³/mol. The number of ketones is 1. The number of hydrogen-bond donors (Lipinski definition) is 2. The highest BCUT2D eigenvalue weighted by Crippen LogP contribution is 2.27. The lowest BCUT2D eigenvalue weighted by molar-refractivity contribution is -0.151. The topological polar surface area (TPSA) is 128 Å². The van der Waals surface area contributed by atoms with Gasteiger partial charge in [-0.2, -0.15) is 0 Å². The number of aromatic nitrogens is 2. The van der Waals surface area contributed by atoms with Crippen molar-refractivity contribution in [2.45, 2.75) is 51.5 Å². The molecule has 2 rings (SSSR count). The normalized spacial score (nSPS) is 23.2. The zero-order chi connectivity index (χ0) is 17.9. The lowest BCUT2D eigenvalue weighted by Gasteiger charge is -2.16. The van der Waals surface area contributed by atoms with E-state index >= 15 is 0 Å². The lowest BCUT2D eigenvalue weighted by atomic mass is 10.2. The van der Waals surface area contributed by atoms with Gasteiger partial charge in [0.05, 0.1) is 12.5 Å². The maximum absolute atomic E-state index is 11.8. The molecule has 2 N–H and O–H groups in total. The smallest absolute Gasteiger partial charge is 0.330 e. The Hall–Kier alpha value is -2.26. The Bertz CT molecular complexity index is 736. The molecule has 0 saturated carbocycles. The van der Waals surface area contributed by atoms with Crippen molar-refractivity contribution in [1.29, 1.82) is 0 Å². The van der Waals surface area contributed by atoms with Gasteiger partial charge in [0.1, 0.15) is 24.7 Å². The first kappa shape index (κ1) is 18.1. The van der Waals surface area contributed by atoms with Crippen LogP contribution >= 0.6 is 0 Å². The lowest BCUT2D eigenvalue weighted by Crippen LogP contribution is -2.33. The van der Waals surface area contributed by atoms with Crippen LogP contribution in [0.2, 0.25) is 0 Å². The van der Waals surface area contributed by atoms with E-state index in [1.165, 1.54) is 17.7 Å². The summed E-state index contributed by atoms with van der Waals surface area (Å²) in [5.74, 6) is -0.668. The summed E-state index contributed by atoms with van der Waals surface area (Å²) >= 11 is 0. The number of ether oxygens (including phenoxy) is 2. The average Bonchev–Trinajstić information content (AvgIpc) is 2.87. The molecular weight excluding hydrogens is 320 g/mol. The highest BCUT2D eigenvalue weighted by molar-refractivity contribution is 5.80. The summed E-state index contributed by atoms with van der Waals surface area (Å²) in [6, 6.07) is 0. The van der Waals surface area contributed by atoms with Gasteiger partial charge >= 0.3 is 11.7 Å². The van der Waals surface area contributed by atoms with E-state index in [1.807, 2.05) is 0 Å². The van der Waals surface area contributed by atoms with Crippen LogP contribution < -0.4 is 11.2 Å². The van der Waals surface area contributed by atoms with Crippen molar-refractivity contribution in [1.82, 2.24) is 9.55 Å². The van der Waals surface area contributed by atoms with Gasteiger partial charge in [0.2, 0.25) is 0 Å². The van der Waals surface area contributed by atoms with Crippen LogP contribution in [0, 0.1) is 6.92 Å². The first-order valence-corrected chi connectivity index (χ1v) is 7.58. The summed E-state index contributed by atoms with van der Waals surface area (Å²) in [5, 5.41) is 10.0. The average molecular weight is 340 g/mol. The molecule has 1 aromatic heterocycles. The molecule has 9 nitrogen and oxygen atoms in total. The van der Waals surface area contributed by atoms with Gasteiger partial charge in [-0.1, -0.05) is 0 Å². The fourth-order valence-electron chi connectivity index (χ4n) is 2.36. The summed E-state index contributed by atoms with van der Waals surface area (Å²) < 4.78 is 11.7. The van der Waals surface area contributed by atoms with Crippen molar-refractivity contribution in [3.63, 3.8) is 0 Å². The van der Waals surface area contributed by atoms with Crippen LogP contribution in [-0.4, -0.2) is 45.2 Å². The molecule has 1 aromatic rings. The van der Waals surface area contributed by atoms with Gasteiger partial charge in [0.15, 0.2) is 0 Å². The van der Waals surface area contributed by atoms with E-state index in [9.17, 15) is 24.3 Å². The highest BCUT2D eigenvalue weighted by Gasteiger charge is 2.36. The molecule has 2 heterocycles. The molecule has 132 valence electrons. The molecular formula is C15H20N2O7. The Morgan fingerprint density at radius 1 is 1.42 bits per heavy atom. The number of aryl methyl sites for hydroxylation is 1. The zero-order valence-corrected chi connectivity index (χ0v) is 13.5. The highest BCUT2D eigenvalue weighted by atomic mass is 16.6. The van der Waals surface area contributed by atoms with Gasteiger partial charge in [-0.05, 0) is 13.8 Å². The Kier molecular flexibility index (Phi) is 5.68. The molecule has 1 aliphatic heterocycles. The molecule has 9 heteroatoms. The van der Waals surface area contributed by atoms with Crippen LogP contribution in [-0.2, 0) is 19.1 Å². The second kappa shape index (κ2) is 7.54. The molecule has 1 aliphatic rings. The SMILES string of the molecule is CC(=O)CCC(=O)OC[C@@H]1O[C@H](n2cc(C)c(=O)[nH]c2=O)C[C@H]1O. The number of nitrogens with one attached hydrogen (secondary N) is 1. The third kappa shape index (κ3) is 4.39. The number of Topliss-reactive ketones (excluding diaryl/α,β-unsaturated/α-hetero) is 1. The third-order valence-corrected chi connectivity index (χ3v) is 3.75. The molecule has 0 amide bonds. The maximum atomic E-state index is 11.8. The van der Waals surface area contributed by atoms with Crippen LogP contribution in [0.3, 0.4) is 0 Å². The quantitative estimate of drug-likeness (QED) is 0.662. The van der Waals surface area contributed by atoms with E-state index in [0.29, 0.717) is 5.56 Å². The Labute approximate surface area is 137 Å². The van der Waals surface area contributed by atoms with Crippen molar-refractivity contribution in [3.05, 3.63) is 32.6 Å². The van der Waals surface area contributed by atoms with Crippen LogP contribution in [0.15, 0.2) is 15.8 Å². The van der Waals surface area contributed by atoms with Gasteiger partial charge in [-0.3, -0.25) is 19.1 Å². The van der Waals surface area contributed by atoms with Gasteiger partial charge < -0.3 is 19.4 Å². The van der Waals surface area contributed by atoms with Gasteiger partial charge in [0.25, 0.3) is 5.56 Å². The van der Waals surface area contributed by atoms with Gasteiger partial charge in [-0.15, -0.1) is 0 Å². The second-order valence-electron chi connectivity index (χ2n) is 5.80. The first-order chi connectivity index (χ1) is 11.3. The molecule has 0 aromatic carbocycles. The Morgan fingerprint density at radius 3 is 2.79 bits per heavy atom. The summed E-state index contributed by atoms with van der Waals surface area (Å²) in [5.41, 5.74) is -0.778. The molecule has 0 aliphatic carbocycles. The monoisotopic (exact) mass is 340 g/mol.